The molecule has 1 heterocycles. The second-order valence-corrected chi connectivity index (χ2v) is 7.24. The number of methoxy groups -OCH3 is 1. The molecule has 5 nitrogen and oxygen atoms in total. The van der Waals surface area contributed by atoms with Crippen LogP contribution in [0.5, 0.6) is 5.75 Å². The van der Waals surface area contributed by atoms with Crippen LogP contribution in [0.3, 0.4) is 0 Å². The Balaban J connectivity index is 1.58. The van der Waals surface area contributed by atoms with Gasteiger partial charge in [-0.05, 0) is 42.5 Å². The maximum atomic E-state index is 12.3. The molecule has 0 bridgehead atoms. The average molecular weight is 371 g/mol. The van der Waals surface area contributed by atoms with Crippen molar-refractivity contribution < 1.29 is 9.64 Å². The lowest BCUT2D eigenvalue weighted by Gasteiger charge is -2.19. The van der Waals surface area contributed by atoms with Crippen LogP contribution in [-0.2, 0) is 13.1 Å². The van der Waals surface area contributed by atoms with Gasteiger partial charge in [-0.25, -0.2) is 4.98 Å². The topological polar surface area (TPSA) is 59.4 Å². The summed E-state index contributed by atoms with van der Waals surface area (Å²) in [5, 5.41) is 1.16. The minimum Gasteiger partial charge on any atom is -0.497 e. The Bertz CT molecular complexity index is 981. The normalized spacial score (nSPS) is 15.2. The van der Waals surface area contributed by atoms with Crippen molar-refractivity contribution >= 4 is 22.5 Å². The predicted octanol–water partition coefficient (Wildman–Crippen LogP) is 2.33. The number of quaternary nitrogens is 1. The Hall–Kier alpha value is -2.37. The molecule has 134 valence electrons. The van der Waals surface area contributed by atoms with Crippen LogP contribution in [0.4, 0.5) is 0 Å². The van der Waals surface area contributed by atoms with Crippen molar-refractivity contribution in [2.45, 2.75) is 32.0 Å². The second kappa shape index (κ2) is 7.09. The Morgan fingerprint density at radius 1 is 1.19 bits per heavy atom. The van der Waals surface area contributed by atoms with E-state index in [1.165, 1.54) is 23.3 Å². The summed E-state index contributed by atoms with van der Waals surface area (Å²) in [6, 6.07) is 14.0. The second-order valence-electron chi connectivity index (χ2n) is 6.81. The number of hydrogen-bond donors (Lipinski definition) is 2. The number of H-pyrrole nitrogens is 1. The molecule has 2 N–H and O–H groups in total. The van der Waals surface area contributed by atoms with Gasteiger partial charge in [-0.2, -0.15) is 0 Å². The number of hydrogen-bond acceptors (Lipinski definition) is 3. The van der Waals surface area contributed by atoms with Gasteiger partial charge in [-0.15, -0.1) is 0 Å². The van der Waals surface area contributed by atoms with Crippen molar-refractivity contribution in [3.63, 3.8) is 0 Å². The van der Waals surface area contributed by atoms with Crippen molar-refractivity contribution in [3.05, 3.63) is 69.2 Å². The number of aromatic nitrogens is 2. The summed E-state index contributed by atoms with van der Waals surface area (Å²) in [6.45, 7) is 1.58. The molecule has 3 aromatic rings. The van der Waals surface area contributed by atoms with Gasteiger partial charge in [0.15, 0.2) is 5.82 Å². The molecule has 0 radical (unpaired) electrons. The summed E-state index contributed by atoms with van der Waals surface area (Å²) in [6.07, 6.45) is 2.43. The molecule has 6 heteroatoms. The van der Waals surface area contributed by atoms with Crippen molar-refractivity contribution in [2.24, 2.45) is 0 Å². The maximum Gasteiger partial charge on any atom is 0.258 e. The third-order valence-electron chi connectivity index (χ3n) is 4.86. The van der Waals surface area contributed by atoms with E-state index in [4.69, 9.17) is 16.3 Å². The number of rotatable bonds is 6. The highest BCUT2D eigenvalue weighted by Crippen LogP contribution is 2.18. The van der Waals surface area contributed by atoms with E-state index in [9.17, 15) is 4.79 Å². The number of aromatic amines is 1. The van der Waals surface area contributed by atoms with E-state index in [0.717, 1.165) is 12.3 Å². The minimum absolute atomic E-state index is 0.110. The first kappa shape index (κ1) is 17.1. The molecule has 0 amide bonds. The number of benzene rings is 2. The Labute approximate surface area is 156 Å². The first-order chi connectivity index (χ1) is 12.6. The van der Waals surface area contributed by atoms with Gasteiger partial charge in [0.2, 0.25) is 0 Å². The van der Waals surface area contributed by atoms with E-state index in [1.54, 1.807) is 25.3 Å². The predicted molar refractivity (Wildman–Crippen MR) is 102 cm³/mol. The molecule has 0 aliphatic heterocycles. The van der Waals surface area contributed by atoms with Gasteiger partial charge in [0.1, 0.15) is 18.8 Å². The van der Waals surface area contributed by atoms with Crippen molar-refractivity contribution in [1.29, 1.82) is 0 Å². The largest absolute Gasteiger partial charge is 0.497 e. The summed E-state index contributed by atoms with van der Waals surface area (Å²) in [5.74, 6) is 1.57. The smallest absolute Gasteiger partial charge is 0.258 e. The van der Waals surface area contributed by atoms with E-state index >= 15 is 0 Å². The van der Waals surface area contributed by atoms with E-state index in [1.807, 2.05) is 12.1 Å². The Morgan fingerprint density at radius 2 is 1.96 bits per heavy atom. The van der Waals surface area contributed by atoms with Gasteiger partial charge in [-0.3, -0.25) is 4.79 Å². The summed E-state index contributed by atoms with van der Waals surface area (Å²) >= 11 is 6.05. The zero-order valence-electron chi connectivity index (χ0n) is 14.6. The van der Waals surface area contributed by atoms with E-state index in [-0.39, 0.29) is 5.56 Å². The zero-order chi connectivity index (χ0) is 18.1. The van der Waals surface area contributed by atoms with Gasteiger partial charge >= 0.3 is 0 Å². The van der Waals surface area contributed by atoms with E-state index < -0.39 is 0 Å². The molecule has 1 aromatic heterocycles. The van der Waals surface area contributed by atoms with Crippen LogP contribution in [0, 0.1) is 0 Å². The summed E-state index contributed by atoms with van der Waals surface area (Å²) in [4.78, 5) is 21.3. The standard InChI is InChI=1S/C20H20ClN3O2/c1-26-16-7-2-13(3-8-16)11-24(15-5-6-15)12-19-22-18-10-14(21)4-9-17(18)20(25)23-19/h2-4,7-10,15H,5-6,11-12H2,1H3,(H,22,23,25)/p+1. The molecule has 1 atom stereocenters. The van der Waals surface area contributed by atoms with Crippen molar-refractivity contribution in [1.82, 2.24) is 9.97 Å². The van der Waals surface area contributed by atoms with E-state index in [0.29, 0.717) is 34.3 Å². The summed E-state index contributed by atoms with van der Waals surface area (Å²) in [5.41, 5.74) is 1.79. The number of fused-ring (bicyclic) bond motifs is 1. The van der Waals surface area contributed by atoms with Gasteiger partial charge in [0, 0.05) is 23.4 Å². The Kier molecular flexibility index (Phi) is 4.66. The highest BCUT2D eigenvalue weighted by Gasteiger charge is 2.33. The maximum absolute atomic E-state index is 12.3. The van der Waals surface area contributed by atoms with Crippen LogP contribution >= 0.6 is 11.6 Å². The minimum atomic E-state index is -0.110. The van der Waals surface area contributed by atoms with Gasteiger partial charge < -0.3 is 14.6 Å². The number of ether oxygens (including phenoxy) is 1. The molecule has 1 aliphatic rings. The van der Waals surface area contributed by atoms with Crippen LogP contribution in [0.25, 0.3) is 10.9 Å². The van der Waals surface area contributed by atoms with Crippen LogP contribution in [0.1, 0.15) is 24.2 Å². The monoisotopic (exact) mass is 370 g/mol. The molecule has 4 rings (SSSR count). The quantitative estimate of drug-likeness (QED) is 0.700. The molecule has 0 saturated heterocycles. The number of nitrogens with zero attached hydrogens (tertiary/aromatic N) is 1. The fraction of sp³-hybridized carbons (Fsp3) is 0.300. The first-order valence-electron chi connectivity index (χ1n) is 8.78. The number of nitrogens with one attached hydrogen (secondary N) is 2. The highest BCUT2D eigenvalue weighted by atomic mass is 35.5. The van der Waals surface area contributed by atoms with Crippen molar-refractivity contribution in [2.75, 3.05) is 7.11 Å². The highest BCUT2D eigenvalue weighted by molar-refractivity contribution is 6.31. The van der Waals surface area contributed by atoms with E-state index in [2.05, 4.69) is 22.1 Å². The molecular weight excluding hydrogens is 350 g/mol. The number of halogens is 1. The molecule has 1 fully saturated rings. The van der Waals surface area contributed by atoms with Gasteiger partial charge in [-0.1, -0.05) is 11.6 Å². The zero-order valence-corrected chi connectivity index (χ0v) is 15.3. The fourth-order valence-corrected chi connectivity index (χ4v) is 3.47. The third-order valence-corrected chi connectivity index (χ3v) is 5.09. The lowest BCUT2D eigenvalue weighted by Crippen LogP contribution is -3.10. The van der Waals surface area contributed by atoms with Crippen molar-refractivity contribution in [3.8, 4) is 5.75 Å². The van der Waals surface area contributed by atoms with Crippen LogP contribution < -0.4 is 15.2 Å². The van der Waals surface area contributed by atoms with Crippen LogP contribution in [0.2, 0.25) is 5.02 Å². The summed E-state index contributed by atoms with van der Waals surface area (Å²) in [7, 11) is 1.67. The van der Waals surface area contributed by atoms with Crippen LogP contribution in [-0.4, -0.2) is 23.1 Å². The van der Waals surface area contributed by atoms with Gasteiger partial charge in [0.05, 0.1) is 24.1 Å². The molecule has 1 aliphatic carbocycles. The summed E-state index contributed by atoms with van der Waals surface area (Å²) < 4.78 is 5.23. The molecule has 1 saturated carbocycles. The molecule has 26 heavy (non-hydrogen) atoms. The molecule has 2 aromatic carbocycles. The fourth-order valence-electron chi connectivity index (χ4n) is 3.31. The molecule has 0 spiro atoms. The lowest BCUT2D eigenvalue weighted by atomic mass is 10.2. The average Bonchev–Trinajstić information content (AvgIpc) is 3.46. The van der Waals surface area contributed by atoms with Crippen LogP contribution in [0.15, 0.2) is 47.3 Å². The molecular formula is C20H21ClN3O2+. The third kappa shape index (κ3) is 3.74. The first-order valence-corrected chi connectivity index (χ1v) is 9.16. The Morgan fingerprint density at radius 3 is 2.65 bits per heavy atom. The SMILES string of the molecule is COc1ccc(C[NH+](Cc2nc3cc(Cl)ccc3c(=O)[nH]2)C2CC2)cc1. The van der Waals surface area contributed by atoms with Gasteiger partial charge in [0.25, 0.3) is 5.56 Å². The lowest BCUT2D eigenvalue weighted by molar-refractivity contribution is -0.939. The molecule has 1 unspecified atom stereocenters.